The summed E-state index contributed by atoms with van der Waals surface area (Å²) in [6.07, 6.45) is -1.23. The fourth-order valence-corrected chi connectivity index (χ4v) is 1.71. The summed E-state index contributed by atoms with van der Waals surface area (Å²) in [6.45, 7) is 1.28. The van der Waals surface area contributed by atoms with Crippen LogP contribution < -0.4 is 11.1 Å². The van der Waals surface area contributed by atoms with Gasteiger partial charge in [0.05, 0.1) is 0 Å². The first-order chi connectivity index (χ1) is 10.9. The Hall–Kier alpha value is -3.16. The average Bonchev–Trinajstić information content (AvgIpc) is 2.97. The Labute approximate surface area is 130 Å². The zero-order valence-corrected chi connectivity index (χ0v) is 12.0. The fourth-order valence-electron chi connectivity index (χ4n) is 1.71. The van der Waals surface area contributed by atoms with Crippen LogP contribution in [-0.4, -0.2) is 24.0 Å². The van der Waals surface area contributed by atoms with E-state index in [1.165, 1.54) is 43.3 Å². The highest BCUT2D eigenvalue weighted by Gasteiger charge is 2.22. The van der Waals surface area contributed by atoms with Crippen LogP contribution in [0.25, 0.3) is 11.3 Å². The molecule has 1 heterocycles. The van der Waals surface area contributed by atoms with E-state index in [1.54, 1.807) is 5.32 Å². The first-order valence-corrected chi connectivity index (χ1v) is 6.54. The molecule has 2 aromatic rings. The smallest absolute Gasteiger partial charge is 0.375 e. The first-order valence-electron chi connectivity index (χ1n) is 6.54. The monoisotopic (exact) mass is 320 g/mol. The molecule has 1 aromatic carbocycles. The van der Waals surface area contributed by atoms with Crippen LogP contribution in [0.4, 0.5) is 9.18 Å². The predicted octanol–water partition coefficient (Wildman–Crippen LogP) is 1.83. The van der Waals surface area contributed by atoms with Crippen molar-refractivity contribution in [2.75, 3.05) is 0 Å². The molecule has 0 saturated heterocycles. The number of carbonyl (C=O) groups is 3. The average molecular weight is 320 g/mol. The number of hydrogen-bond acceptors (Lipinski definition) is 5. The molecule has 0 aliphatic rings. The molecular formula is C15H13FN2O5. The Kier molecular flexibility index (Phi) is 4.75. The Balaban J connectivity index is 2.05. The van der Waals surface area contributed by atoms with Gasteiger partial charge in [0.2, 0.25) is 5.76 Å². The maximum atomic E-state index is 12.9. The summed E-state index contributed by atoms with van der Waals surface area (Å²) < 4.78 is 23.0. The van der Waals surface area contributed by atoms with Gasteiger partial charge in [0, 0.05) is 5.56 Å². The normalized spacial score (nSPS) is 11.6. The van der Waals surface area contributed by atoms with Gasteiger partial charge in [0.1, 0.15) is 11.6 Å². The van der Waals surface area contributed by atoms with Gasteiger partial charge in [-0.1, -0.05) is 0 Å². The van der Waals surface area contributed by atoms with E-state index in [1.807, 2.05) is 0 Å². The van der Waals surface area contributed by atoms with Crippen LogP contribution in [-0.2, 0) is 9.53 Å². The number of rotatable bonds is 4. The third kappa shape index (κ3) is 4.16. The molecule has 7 nitrogen and oxygen atoms in total. The van der Waals surface area contributed by atoms with E-state index < -0.39 is 29.8 Å². The van der Waals surface area contributed by atoms with E-state index >= 15 is 0 Å². The van der Waals surface area contributed by atoms with Crippen LogP contribution in [0.1, 0.15) is 17.5 Å². The summed E-state index contributed by atoms with van der Waals surface area (Å²) >= 11 is 0. The number of nitrogens with two attached hydrogens (primary N) is 1. The molecule has 1 unspecified atom stereocenters. The van der Waals surface area contributed by atoms with E-state index in [2.05, 4.69) is 0 Å². The lowest BCUT2D eigenvalue weighted by molar-refractivity contribution is -0.127. The summed E-state index contributed by atoms with van der Waals surface area (Å²) in [6, 6.07) is 7.32. The fraction of sp³-hybridized carbons (Fsp3) is 0.133. The van der Waals surface area contributed by atoms with Gasteiger partial charge in [-0.2, -0.15) is 0 Å². The highest BCUT2D eigenvalue weighted by molar-refractivity contribution is 5.97. The second-order valence-corrected chi connectivity index (χ2v) is 4.57. The van der Waals surface area contributed by atoms with Gasteiger partial charge in [0.15, 0.2) is 6.10 Å². The Morgan fingerprint density at radius 3 is 2.43 bits per heavy atom. The zero-order valence-electron chi connectivity index (χ0n) is 12.0. The van der Waals surface area contributed by atoms with Gasteiger partial charge >= 0.3 is 12.0 Å². The molecule has 3 amide bonds. The van der Waals surface area contributed by atoms with Crippen LogP contribution in [0.3, 0.4) is 0 Å². The van der Waals surface area contributed by atoms with Crippen LogP contribution in [0, 0.1) is 5.82 Å². The van der Waals surface area contributed by atoms with Gasteiger partial charge in [-0.25, -0.2) is 14.0 Å². The number of carbonyl (C=O) groups excluding carboxylic acids is 3. The molecule has 8 heteroatoms. The number of hydrogen-bond donors (Lipinski definition) is 2. The highest BCUT2D eigenvalue weighted by Crippen LogP contribution is 2.23. The SMILES string of the molecule is CC(OC(=O)c1ccc(-c2ccc(F)cc2)o1)C(=O)NC(N)=O. The number of primary amides is 1. The minimum absolute atomic E-state index is 0.136. The van der Waals surface area contributed by atoms with Gasteiger partial charge in [-0.15, -0.1) is 0 Å². The lowest BCUT2D eigenvalue weighted by atomic mass is 10.2. The molecular weight excluding hydrogens is 307 g/mol. The van der Waals surface area contributed by atoms with Gasteiger partial charge in [-0.05, 0) is 43.3 Å². The van der Waals surface area contributed by atoms with Gasteiger partial charge in [-0.3, -0.25) is 10.1 Å². The van der Waals surface area contributed by atoms with Crippen LogP contribution >= 0.6 is 0 Å². The number of ether oxygens (including phenoxy) is 1. The summed E-state index contributed by atoms with van der Waals surface area (Å²) in [4.78, 5) is 33.9. The number of amides is 3. The lowest BCUT2D eigenvalue weighted by Gasteiger charge is -2.10. The van der Waals surface area contributed by atoms with Crippen molar-refractivity contribution in [1.82, 2.24) is 5.32 Å². The van der Waals surface area contributed by atoms with Crippen LogP contribution in [0.5, 0.6) is 0 Å². The van der Waals surface area contributed by atoms with Crippen molar-refractivity contribution < 1.29 is 27.9 Å². The molecule has 0 bridgehead atoms. The molecule has 120 valence electrons. The van der Waals surface area contributed by atoms with E-state index in [4.69, 9.17) is 14.9 Å². The Morgan fingerprint density at radius 2 is 1.83 bits per heavy atom. The third-order valence-electron chi connectivity index (χ3n) is 2.84. The maximum Gasteiger partial charge on any atom is 0.375 e. The van der Waals surface area contributed by atoms with Gasteiger partial charge < -0.3 is 14.9 Å². The van der Waals surface area contributed by atoms with Crippen molar-refractivity contribution in [2.24, 2.45) is 5.73 Å². The molecule has 1 aromatic heterocycles. The van der Waals surface area contributed by atoms with E-state index in [0.717, 1.165) is 0 Å². The standard InChI is InChI=1S/C15H13FN2O5/c1-8(13(19)18-15(17)21)22-14(20)12-7-6-11(23-12)9-2-4-10(16)5-3-9/h2-8H,1H3,(H3,17,18,19,21). The van der Waals surface area contributed by atoms with Crippen molar-refractivity contribution in [2.45, 2.75) is 13.0 Å². The Bertz CT molecular complexity index is 739. The molecule has 0 spiro atoms. The molecule has 23 heavy (non-hydrogen) atoms. The number of benzene rings is 1. The second kappa shape index (κ2) is 6.73. The second-order valence-electron chi connectivity index (χ2n) is 4.57. The zero-order chi connectivity index (χ0) is 17.0. The number of halogens is 1. The van der Waals surface area contributed by atoms with Crippen molar-refractivity contribution in [3.8, 4) is 11.3 Å². The molecule has 1 atom stereocenters. The third-order valence-corrected chi connectivity index (χ3v) is 2.84. The molecule has 2 rings (SSSR count). The summed E-state index contributed by atoms with van der Waals surface area (Å²) in [5.41, 5.74) is 5.37. The molecule has 3 N–H and O–H groups in total. The summed E-state index contributed by atoms with van der Waals surface area (Å²) in [5.74, 6) is -1.93. The summed E-state index contributed by atoms with van der Waals surface area (Å²) in [5, 5.41) is 1.79. The van der Waals surface area contributed by atoms with E-state index in [-0.39, 0.29) is 5.76 Å². The summed E-state index contributed by atoms with van der Waals surface area (Å²) in [7, 11) is 0. The molecule has 0 aliphatic heterocycles. The minimum atomic E-state index is -1.23. The molecule has 0 fully saturated rings. The predicted molar refractivity (Wildman–Crippen MR) is 76.7 cm³/mol. The number of urea groups is 1. The lowest BCUT2D eigenvalue weighted by Crippen LogP contribution is -2.42. The number of nitrogens with one attached hydrogen (secondary N) is 1. The van der Waals surface area contributed by atoms with Crippen LogP contribution in [0.2, 0.25) is 0 Å². The molecule has 0 saturated carbocycles. The molecule has 0 radical (unpaired) electrons. The van der Waals surface area contributed by atoms with Crippen molar-refractivity contribution >= 4 is 17.9 Å². The topological polar surface area (TPSA) is 112 Å². The minimum Gasteiger partial charge on any atom is -0.449 e. The van der Waals surface area contributed by atoms with Crippen molar-refractivity contribution in [3.05, 3.63) is 48.0 Å². The number of imide groups is 1. The first kappa shape index (κ1) is 16.2. The largest absolute Gasteiger partial charge is 0.449 e. The van der Waals surface area contributed by atoms with Crippen molar-refractivity contribution in [3.63, 3.8) is 0 Å². The Morgan fingerprint density at radius 1 is 1.17 bits per heavy atom. The van der Waals surface area contributed by atoms with Crippen molar-refractivity contribution in [1.29, 1.82) is 0 Å². The number of esters is 1. The maximum absolute atomic E-state index is 12.9. The molecule has 0 aliphatic carbocycles. The van der Waals surface area contributed by atoms with Crippen LogP contribution in [0.15, 0.2) is 40.8 Å². The van der Waals surface area contributed by atoms with Gasteiger partial charge in [0.25, 0.3) is 5.91 Å². The van der Waals surface area contributed by atoms with E-state index in [9.17, 15) is 18.8 Å². The quantitative estimate of drug-likeness (QED) is 0.835. The highest BCUT2D eigenvalue weighted by atomic mass is 19.1. The van der Waals surface area contributed by atoms with E-state index in [0.29, 0.717) is 11.3 Å². The number of furan rings is 1.